The van der Waals surface area contributed by atoms with Gasteiger partial charge in [-0.3, -0.25) is 4.98 Å². The molecule has 1 atom stereocenters. The van der Waals surface area contributed by atoms with Crippen molar-refractivity contribution in [2.24, 2.45) is 0 Å². The Balaban J connectivity index is 1.34. The largest absolute Gasteiger partial charge is 0.493 e. The topological polar surface area (TPSA) is 43.4 Å². The fourth-order valence-electron chi connectivity index (χ4n) is 3.02. The summed E-state index contributed by atoms with van der Waals surface area (Å²) >= 11 is 0. The first-order valence-corrected chi connectivity index (χ1v) is 8.41. The van der Waals surface area contributed by atoms with Crippen LogP contribution in [-0.4, -0.2) is 30.8 Å². The highest BCUT2D eigenvalue weighted by molar-refractivity contribution is 5.40. The molecule has 2 aliphatic heterocycles. The highest BCUT2D eigenvalue weighted by Crippen LogP contribution is 2.26. The van der Waals surface area contributed by atoms with Crippen molar-refractivity contribution in [3.05, 3.63) is 53.3 Å². The molecule has 3 heterocycles. The number of aromatic nitrogens is 1. The van der Waals surface area contributed by atoms with Crippen LogP contribution < -0.4 is 14.8 Å². The second kappa shape index (κ2) is 6.59. The lowest BCUT2D eigenvalue weighted by atomic mass is 10.0. The molecule has 1 N–H and O–H groups in total. The van der Waals surface area contributed by atoms with Crippen molar-refractivity contribution < 1.29 is 9.47 Å². The summed E-state index contributed by atoms with van der Waals surface area (Å²) in [5.74, 6) is 1.93. The Morgan fingerprint density at radius 3 is 2.96 bits per heavy atom. The third-order valence-corrected chi connectivity index (χ3v) is 4.61. The number of rotatable bonds is 6. The Hall–Kier alpha value is -2.07. The summed E-state index contributed by atoms with van der Waals surface area (Å²) in [4.78, 5) is 4.31. The van der Waals surface area contributed by atoms with Crippen LogP contribution in [-0.2, 0) is 19.3 Å². The molecule has 2 aliphatic rings. The number of hydrogen-bond acceptors (Lipinski definition) is 4. The fraction of sp³-hybridized carbons (Fsp3) is 0.421. The zero-order valence-electron chi connectivity index (χ0n) is 13.3. The number of aryl methyl sites for hydroxylation is 2. The van der Waals surface area contributed by atoms with Crippen molar-refractivity contribution in [1.82, 2.24) is 10.3 Å². The Morgan fingerprint density at radius 2 is 2.09 bits per heavy atom. The van der Waals surface area contributed by atoms with Gasteiger partial charge < -0.3 is 14.8 Å². The van der Waals surface area contributed by atoms with Gasteiger partial charge in [-0.15, -0.1) is 0 Å². The van der Waals surface area contributed by atoms with Gasteiger partial charge in [-0.1, -0.05) is 12.1 Å². The second-order valence-electron chi connectivity index (χ2n) is 6.32. The van der Waals surface area contributed by atoms with Crippen LogP contribution in [0.4, 0.5) is 0 Å². The van der Waals surface area contributed by atoms with Crippen LogP contribution in [0.25, 0.3) is 0 Å². The molecule has 2 aromatic rings. The van der Waals surface area contributed by atoms with Crippen LogP contribution in [0.1, 0.15) is 23.1 Å². The van der Waals surface area contributed by atoms with Gasteiger partial charge in [0.1, 0.15) is 18.1 Å². The van der Waals surface area contributed by atoms with E-state index in [1.54, 1.807) is 6.20 Å². The average Bonchev–Trinajstić information content (AvgIpc) is 2.99. The Labute approximate surface area is 136 Å². The molecule has 0 saturated carbocycles. The summed E-state index contributed by atoms with van der Waals surface area (Å²) < 4.78 is 11.5. The smallest absolute Gasteiger partial charge is 0.137 e. The number of fused-ring (bicyclic) bond motifs is 1. The van der Waals surface area contributed by atoms with Gasteiger partial charge in [0.05, 0.1) is 12.8 Å². The number of ether oxygens (including phenoxy) is 2. The van der Waals surface area contributed by atoms with Crippen molar-refractivity contribution in [2.75, 3.05) is 19.8 Å². The van der Waals surface area contributed by atoms with E-state index in [1.807, 2.05) is 6.20 Å². The zero-order chi connectivity index (χ0) is 15.5. The number of pyridine rings is 1. The molecule has 0 unspecified atom stereocenters. The van der Waals surface area contributed by atoms with Gasteiger partial charge in [0.2, 0.25) is 0 Å². The van der Waals surface area contributed by atoms with Crippen molar-refractivity contribution in [3.63, 3.8) is 0 Å². The van der Waals surface area contributed by atoms with Gasteiger partial charge in [0.25, 0.3) is 0 Å². The number of benzene rings is 1. The predicted molar refractivity (Wildman–Crippen MR) is 89.2 cm³/mol. The third kappa shape index (κ3) is 3.48. The molecule has 1 fully saturated rings. The highest BCUT2D eigenvalue weighted by Gasteiger charge is 2.16. The molecule has 1 aromatic carbocycles. The van der Waals surface area contributed by atoms with E-state index in [0.29, 0.717) is 6.04 Å². The van der Waals surface area contributed by atoms with Gasteiger partial charge in [0, 0.05) is 18.7 Å². The minimum absolute atomic E-state index is 0.505. The van der Waals surface area contributed by atoms with Gasteiger partial charge in [-0.05, 0) is 54.6 Å². The quantitative estimate of drug-likeness (QED) is 0.890. The standard InChI is InChI=1S/C19H22N2O2/c1(14-3-4-16-6-8-22-19(16)10-14)2-15-9-18(12-20-11-15)23-13-17-5-7-21-17/h3-4,9-12,17,21H,1-2,5-8,13H2/t17-/m0/s1. The molecule has 1 aromatic heterocycles. The van der Waals surface area contributed by atoms with Gasteiger partial charge in [-0.2, -0.15) is 0 Å². The lowest BCUT2D eigenvalue weighted by Gasteiger charge is -2.27. The molecule has 0 amide bonds. The SMILES string of the molecule is c1cc2c(cc1CCc1cncc(OC[C@@H]3CCN3)c1)OCC2. The number of hydrogen-bond donors (Lipinski definition) is 1. The molecule has 23 heavy (non-hydrogen) atoms. The van der Waals surface area contributed by atoms with E-state index in [9.17, 15) is 0 Å². The maximum atomic E-state index is 5.82. The van der Waals surface area contributed by atoms with Crippen LogP contribution in [0.3, 0.4) is 0 Å². The molecule has 4 nitrogen and oxygen atoms in total. The Kier molecular flexibility index (Phi) is 4.16. The van der Waals surface area contributed by atoms with E-state index in [2.05, 4.69) is 34.6 Å². The maximum absolute atomic E-state index is 5.82. The molecule has 4 heteroatoms. The zero-order valence-corrected chi connectivity index (χ0v) is 13.3. The second-order valence-corrected chi connectivity index (χ2v) is 6.32. The van der Waals surface area contributed by atoms with Crippen molar-refractivity contribution in [1.29, 1.82) is 0 Å². The Morgan fingerprint density at radius 1 is 1.17 bits per heavy atom. The lowest BCUT2D eigenvalue weighted by Crippen LogP contribution is -2.46. The average molecular weight is 310 g/mol. The van der Waals surface area contributed by atoms with Crippen LogP contribution in [0.5, 0.6) is 11.5 Å². The van der Waals surface area contributed by atoms with E-state index in [1.165, 1.54) is 23.1 Å². The third-order valence-electron chi connectivity index (χ3n) is 4.61. The minimum Gasteiger partial charge on any atom is -0.493 e. The summed E-state index contributed by atoms with van der Waals surface area (Å²) in [7, 11) is 0. The molecule has 0 aliphatic carbocycles. The molecular weight excluding hydrogens is 288 g/mol. The minimum atomic E-state index is 0.505. The van der Waals surface area contributed by atoms with Crippen LogP contribution >= 0.6 is 0 Å². The summed E-state index contributed by atoms with van der Waals surface area (Å²) in [5.41, 5.74) is 3.86. The van der Waals surface area contributed by atoms with Crippen molar-refractivity contribution >= 4 is 0 Å². The van der Waals surface area contributed by atoms with E-state index in [4.69, 9.17) is 9.47 Å². The molecule has 120 valence electrons. The van der Waals surface area contributed by atoms with Gasteiger partial charge in [-0.25, -0.2) is 0 Å². The first-order valence-electron chi connectivity index (χ1n) is 8.41. The number of nitrogens with zero attached hydrogens (tertiary/aromatic N) is 1. The summed E-state index contributed by atoms with van der Waals surface area (Å²) in [6, 6.07) is 9.20. The molecule has 4 rings (SSSR count). The number of nitrogens with one attached hydrogen (secondary N) is 1. The summed E-state index contributed by atoms with van der Waals surface area (Å²) in [6.07, 6.45) is 7.92. The molecule has 0 bridgehead atoms. The lowest BCUT2D eigenvalue weighted by molar-refractivity contribution is 0.217. The monoisotopic (exact) mass is 310 g/mol. The van der Waals surface area contributed by atoms with E-state index in [0.717, 1.165) is 50.5 Å². The predicted octanol–water partition coefficient (Wildman–Crippen LogP) is 2.54. The summed E-state index contributed by atoms with van der Waals surface area (Å²) in [5, 5.41) is 3.34. The molecular formula is C19H22N2O2. The summed E-state index contributed by atoms with van der Waals surface area (Å²) in [6.45, 7) is 2.65. The van der Waals surface area contributed by atoms with Crippen LogP contribution in [0.15, 0.2) is 36.7 Å². The first-order chi connectivity index (χ1) is 11.4. The van der Waals surface area contributed by atoms with E-state index in [-0.39, 0.29) is 0 Å². The Bertz CT molecular complexity index is 683. The van der Waals surface area contributed by atoms with Gasteiger partial charge >= 0.3 is 0 Å². The van der Waals surface area contributed by atoms with Crippen molar-refractivity contribution in [2.45, 2.75) is 31.7 Å². The maximum Gasteiger partial charge on any atom is 0.137 e. The van der Waals surface area contributed by atoms with E-state index < -0.39 is 0 Å². The first kappa shape index (κ1) is 14.5. The van der Waals surface area contributed by atoms with Gasteiger partial charge in [0.15, 0.2) is 0 Å². The highest BCUT2D eigenvalue weighted by atomic mass is 16.5. The van der Waals surface area contributed by atoms with Crippen molar-refractivity contribution in [3.8, 4) is 11.5 Å². The molecule has 0 spiro atoms. The fourth-order valence-corrected chi connectivity index (χ4v) is 3.02. The molecule has 1 saturated heterocycles. The van der Waals surface area contributed by atoms with Crippen LogP contribution in [0, 0.1) is 0 Å². The van der Waals surface area contributed by atoms with E-state index >= 15 is 0 Å². The molecule has 0 radical (unpaired) electrons. The van der Waals surface area contributed by atoms with Crippen LogP contribution in [0.2, 0.25) is 0 Å². The normalized spacial score (nSPS) is 18.9.